The lowest BCUT2D eigenvalue weighted by molar-refractivity contribution is 0.0199. The van der Waals surface area contributed by atoms with Gasteiger partial charge in [-0.05, 0) is 37.8 Å². The van der Waals surface area contributed by atoms with E-state index < -0.39 is 0 Å². The standard InChI is InChI=1S/C17H25NO3/c1-2-12-9-10-16(21-12)17(20)18-11-5-7-14(18)13-6-3-4-8-15(13)19/h9-10,13-15,19H,2-8,11H2,1H3. The van der Waals surface area contributed by atoms with E-state index in [1.54, 1.807) is 6.07 Å². The Bertz CT molecular complexity index is 496. The number of aliphatic hydroxyl groups is 1. The normalized spacial score (nSPS) is 29.8. The molecule has 1 amide bonds. The van der Waals surface area contributed by atoms with Crippen molar-refractivity contribution >= 4 is 5.91 Å². The largest absolute Gasteiger partial charge is 0.456 e. The topological polar surface area (TPSA) is 53.7 Å². The first-order valence-corrected chi connectivity index (χ1v) is 8.28. The Morgan fingerprint density at radius 2 is 2.10 bits per heavy atom. The van der Waals surface area contributed by atoms with E-state index >= 15 is 0 Å². The Balaban J connectivity index is 1.75. The van der Waals surface area contributed by atoms with Gasteiger partial charge in [-0.3, -0.25) is 4.79 Å². The number of rotatable bonds is 3. The van der Waals surface area contributed by atoms with Crippen molar-refractivity contribution in [2.45, 2.75) is 64.0 Å². The molecular weight excluding hydrogens is 266 g/mol. The molecule has 4 heteroatoms. The molecule has 0 aromatic carbocycles. The summed E-state index contributed by atoms with van der Waals surface area (Å²) in [6.07, 6.45) is 6.78. The van der Waals surface area contributed by atoms with Crippen LogP contribution < -0.4 is 0 Å². The van der Waals surface area contributed by atoms with Gasteiger partial charge in [0.2, 0.25) is 0 Å². The van der Waals surface area contributed by atoms with Gasteiger partial charge in [0.25, 0.3) is 5.91 Å². The number of hydrogen-bond donors (Lipinski definition) is 1. The van der Waals surface area contributed by atoms with Crippen molar-refractivity contribution in [1.82, 2.24) is 4.90 Å². The highest BCUT2D eigenvalue weighted by atomic mass is 16.4. The van der Waals surface area contributed by atoms with E-state index in [0.717, 1.165) is 50.8 Å². The average Bonchev–Trinajstić information content (AvgIpc) is 3.16. The fourth-order valence-electron chi connectivity index (χ4n) is 3.90. The summed E-state index contributed by atoms with van der Waals surface area (Å²) in [5, 5.41) is 10.3. The molecule has 1 aliphatic carbocycles. The van der Waals surface area contributed by atoms with E-state index in [0.29, 0.717) is 5.76 Å². The van der Waals surface area contributed by atoms with Crippen LogP contribution in [0.5, 0.6) is 0 Å². The molecule has 1 N–H and O–H groups in total. The SMILES string of the molecule is CCc1ccc(C(=O)N2CCCC2C2CCCCC2O)o1. The summed E-state index contributed by atoms with van der Waals surface area (Å²) >= 11 is 0. The van der Waals surface area contributed by atoms with E-state index in [1.807, 2.05) is 17.9 Å². The van der Waals surface area contributed by atoms with Crippen molar-refractivity contribution in [3.8, 4) is 0 Å². The van der Waals surface area contributed by atoms with E-state index in [4.69, 9.17) is 4.42 Å². The van der Waals surface area contributed by atoms with Crippen LogP contribution in [0.1, 0.15) is 61.8 Å². The van der Waals surface area contributed by atoms with Crippen molar-refractivity contribution in [2.75, 3.05) is 6.54 Å². The van der Waals surface area contributed by atoms with E-state index in [1.165, 1.54) is 6.42 Å². The minimum Gasteiger partial charge on any atom is -0.456 e. The number of carbonyl (C=O) groups excluding carboxylic acids is 1. The molecule has 3 atom stereocenters. The van der Waals surface area contributed by atoms with Gasteiger partial charge in [0.1, 0.15) is 5.76 Å². The van der Waals surface area contributed by atoms with Gasteiger partial charge in [0.05, 0.1) is 6.10 Å². The molecule has 3 rings (SSSR count). The summed E-state index contributed by atoms with van der Waals surface area (Å²) in [4.78, 5) is 14.6. The van der Waals surface area contributed by atoms with Crippen molar-refractivity contribution in [3.63, 3.8) is 0 Å². The Labute approximate surface area is 126 Å². The van der Waals surface area contributed by atoms with Crippen LogP contribution in [0.4, 0.5) is 0 Å². The minimum atomic E-state index is -0.250. The van der Waals surface area contributed by atoms with Gasteiger partial charge in [-0.1, -0.05) is 19.8 Å². The lowest BCUT2D eigenvalue weighted by Crippen LogP contribution is -2.45. The zero-order valence-corrected chi connectivity index (χ0v) is 12.8. The van der Waals surface area contributed by atoms with Crippen LogP contribution >= 0.6 is 0 Å². The number of furan rings is 1. The van der Waals surface area contributed by atoms with Crippen LogP contribution in [-0.2, 0) is 6.42 Å². The van der Waals surface area contributed by atoms with Gasteiger partial charge >= 0.3 is 0 Å². The molecular formula is C17H25NO3. The molecule has 0 bridgehead atoms. The number of likely N-dealkylation sites (tertiary alicyclic amines) is 1. The Kier molecular flexibility index (Phi) is 4.34. The van der Waals surface area contributed by atoms with Crippen LogP contribution in [0.25, 0.3) is 0 Å². The zero-order chi connectivity index (χ0) is 14.8. The second kappa shape index (κ2) is 6.22. The first-order chi connectivity index (χ1) is 10.2. The monoisotopic (exact) mass is 291 g/mol. The molecule has 1 aromatic rings. The molecule has 2 heterocycles. The highest BCUT2D eigenvalue weighted by Crippen LogP contribution is 2.35. The Morgan fingerprint density at radius 3 is 2.81 bits per heavy atom. The molecule has 2 aliphatic rings. The molecule has 0 spiro atoms. The maximum absolute atomic E-state index is 12.7. The molecule has 21 heavy (non-hydrogen) atoms. The highest BCUT2D eigenvalue weighted by Gasteiger charge is 2.39. The van der Waals surface area contributed by atoms with Crippen LogP contribution in [0.2, 0.25) is 0 Å². The Morgan fingerprint density at radius 1 is 1.29 bits per heavy atom. The third kappa shape index (κ3) is 2.86. The number of nitrogens with zero attached hydrogens (tertiary/aromatic N) is 1. The number of amides is 1. The molecule has 0 radical (unpaired) electrons. The molecule has 4 nitrogen and oxygen atoms in total. The fourth-order valence-corrected chi connectivity index (χ4v) is 3.90. The summed E-state index contributed by atoms with van der Waals surface area (Å²) in [7, 11) is 0. The first kappa shape index (κ1) is 14.6. The van der Waals surface area contributed by atoms with Gasteiger partial charge < -0.3 is 14.4 Å². The van der Waals surface area contributed by atoms with Crippen LogP contribution in [0, 0.1) is 5.92 Å². The average molecular weight is 291 g/mol. The van der Waals surface area contributed by atoms with Crippen molar-refractivity contribution < 1.29 is 14.3 Å². The third-order valence-electron chi connectivity index (χ3n) is 5.06. The second-order valence-electron chi connectivity index (χ2n) is 6.34. The highest BCUT2D eigenvalue weighted by molar-refractivity contribution is 5.92. The molecule has 2 fully saturated rings. The second-order valence-corrected chi connectivity index (χ2v) is 6.34. The summed E-state index contributed by atoms with van der Waals surface area (Å²) in [6.45, 7) is 2.80. The zero-order valence-electron chi connectivity index (χ0n) is 12.8. The van der Waals surface area contributed by atoms with Gasteiger partial charge in [0, 0.05) is 24.9 Å². The number of aryl methyl sites for hydroxylation is 1. The van der Waals surface area contributed by atoms with Crippen LogP contribution in [0.15, 0.2) is 16.5 Å². The number of carbonyl (C=O) groups is 1. The summed E-state index contributed by atoms with van der Waals surface area (Å²) in [5.74, 6) is 1.54. The van der Waals surface area contributed by atoms with Gasteiger partial charge in [0.15, 0.2) is 5.76 Å². The molecule has 3 unspecified atom stereocenters. The maximum Gasteiger partial charge on any atom is 0.289 e. The smallest absolute Gasteiger partial charge is 0.289 e. The van der Waals surface area contributed by atoms with E-state index in [-0.39, 0.29) is 24.0 Å². The van der Waals surface area contributed by atoms with Crippen molar-refractivity contribution in [2.24, 2.45) is 5.92 Å². The van der Waals surface area contributed by atoms with Crippen molar-refractivity contribution in [1.29, 1.82) is 0 Å². The quantitative estimate of drug-likeness (QED) is 0.931. The molecule has 1 aromatic heterocycles. The number of hydrogen-bond acceptors (Lipinski definition) is 3. The minimum absolute atomic E-state index is 0.00465. The van der Waals surface area contributed by atoms with Gasteiger partial charge in [-0.25, -0.2) is 0 Å². The maximum atomic E-state index is 12.7. The molecule has 116 valence electrons. The molecule has 1 aliphatic heterocycles. The lowest BCUT2D eigenvalue weighted by Gasteiger charge is -2.36. The number of aliphatic hydroxyl groups excluding tert-OH is 1. The summed E-state index contributed by atoms with van der Waals surface area (Å²) < 4.78 is 5.62. The summed E-state index contributed by atoms with van der Waals surface area (Å²) in [5.41, 5.74) is 0. The van der Waals surface area contributed by atoms with Gasteiger partial charge in [-0.2, -0.15) is 0 Å². The predicted octanol–water partition coefficient (Wildman–Crippen LogP) is 3.00. The van der Waals surface area contributed by atoms with Crippen LogP contribution in [0.3, 0.4) is 0 Å². The fraction of sp³-hybridized carbons (Fsp3) is 0.706. The third-order valence-corrected chi connectivity index (χ3v) is 5.06. The van der Waals surface area contributed by atoms with E-state index in [2.05, 4.69) is 0 Å². The molecule has 1 saturated heterocycles. The summed E-state index contributed by atoms with van der Waals surface area (Å²) in [6, 6.07) is 3.85. The Hall–Kier alpha value is -1.29. The first-order valence-electron chi connectivity index (χ1n) is 8.28. The predicted molar refractivity (Wildman–Crippen MR) is 80.1 cm³/mol. The lowest BCUT2D eigenvalue weighted by atomic mass is 9.80. The van der Waals surface area contributed by atoms with Crippen LogP contribution in [-0.4, -0.2) is 34.6 Å². The van der Waals surface area contributed by atoms with Gasteiger partial charge in [-0.15, -0.1) is 0 Å². The van der Waals surface area contributed by atoms with Crippen molar-refractivity contribution in [3.05, 3.63) is 23.7 Å². The molecule has 1 saturated carbocycles. The van der Waals surface area contributed by atoms with E-state index in [9.17, 15) is 9.90 Å².